The monoisotopic (exact) mass is 206 g/mol. The minimum atomic E-state index is -0.0417. The number of imide groups is 1. The molecule has 80 valence electrons. The number of carbonyl (C=O) groups is 2. The number of rotatable bonds is 1. The number of carbonyl (C=O) groups excluding carboxylic acids is 2. The Morgan fingerprint density at radius 1 is 1.27 bits per heavy atom. The minimum absolute atomic E-state index is 0.0417. The molecule has 0 bridgehead atoms. The van der Waals surface area contributed by atoms with Crippen LogP contribution >= 0.6 is 0 Å². The number of hydrogen-bond donors (Lipinski definition) is 1. The van der Waals surface area contributed by atoms with Crippen molar-refractivity contribution in [3.8, 4) is 0 Å². The van der Waals surface area contributed by atoms with Crippen LogP contribution in [0.4, 0.5) is 5.69 Å². The second-order valence-electron chi connectivity index (χ2n) is 3.21. The van der Waals surface area contributed by atoms with Gasteiger partial charge in [0.05, 0.1) is 0 Å². The van der Waals surface area contributed by atoms with E-state index in [9.17, 15) is 9.59 Å². The van der Waals surface area contributed by atoms with Crippen molar-refractivity contribution in [2.45, 2.75) is 12.8 Å². The molecule has 2 rings (SSSR count). The third kappa shape index (κ3) is 3.81. The second kappa shape index (κ2) is 5.80. The SMILES string of the molecule is Nc1ccccc1.O=CN1CCCC1=O. The van der Waals surface area contributed by atoms with E-state index in [1.54, 1.807) is 0 Å². The molecule has 1 aromatic rings. The molecule has 2 amide bonds. The van der Waals surface area contributed by atoms with Gasteiger partial charge in [0.1, 0.15) is 0 Å². The van der Waals surface area contributed by atoms with E-state index in [2.05, 4.69) is 0 Å². The molecule has 0 aliphatic carbocycles. The summed E-state index contributed by atoms with van der Waals surface area (Å²) in [6.07, 6.45) is 1.96. The fourth-order valence-electron chi connectivity index (χ4n) is 1.23. The van der Waals surface area contributed by atoms with Gasteiger partial charge in [-0.25, -0.2) is 0 Å². The van der Waals surface area contributed by atoms with Crippen LogP contribution in [0.5, 0.6) is 0 Å². The van der Waals surface area contributed by atoms with E-state index in [1.807, 2.05) is 30.3 Å². The Kier molecular flexibility index (Phi) is 4.34. The Bertz CT molecular complexity index is 325. The summed E-state index contributed by atoms with van der Waals surface area (Å²) in [7, 11) is 0. The summed E-state index contributed by atoms with van der Waals surface area (Å²) in [5.41, 5.74) is 6.18. The van der Waals surface area contributed by atoms with Crippen molar-refractivity contribution in [2.24, 2.45) is 0 Å². The first-order valence-electron chi connectivity index (χ1n) is 4.79. The second-order valence-corrected chi connectivity index (χ2v) is 3.21. The first kappa shape index (κ1) is 11.2. The highest BCUT2D eigenvalue weighted by Crippen LogP contribution is 2.05. The van der Waals surface area contributed by atoms with Gasteiger partial charge in [-0.1, -0.05) is 18.2 Å². The molecule has 0 atom stereocenters. The van der Waals surface area contributed by atoms with E-state index in [1.165, 1.54) is 4.90 Å². The smallest absolute Gasteiger partial charge is 0.229 e. The largest absolute Gasteiger partial charge is 0.399 e. The predicted octanol–water partition coefficient (Wildman–Crippen LogP) is 1.03. The summed E-state index contributed by atoms with van der Waals surface area (Å²) >= 11 is 0. The van der Waals surface area contributed by atoms with Gasteiger partial charge >= 0.3 is 0 Å². The lowest BCUT2D eigenvalue weighted by Gasteiger charge is -2.01. The summed E-state index contributed by atoms with van der Waals surface area (Å²) in [5.74, 6) is -0.0417. The zero-order valence-corrected chi connectivity index (χ0v) is 8.43. The summed E-state index contributed by atoms with van der Waals surface area (Å²) in [4.78, 5) is 21.6. The lowest BCUT2D eigenvalue weighted by Crippen LogP contribution is -2.21. The highest BCUT2D eigenvalue weighted by Gasteiger charge is 2.18. The topological polar surface area (TPSA) is 63.4 Å². The molecule has 0 aromatic heterocycles. The van der Waals surface area contributed by atoms with E-state index in [0.29, 0.717) is 19.4 Å². The van der Waals surface area contributed by atoms with E-state index >= 15 is 0 Å². The Balaban J connectivity index is 0.000000151. The van der Waals surface area contributed by atoms with Crippen molar-refractivity contribution in [1.29, 1.82) is 0 Å². The van der Waals surface area contributed by atoms with Crippen molar-refractivity contribution in [3.05, 3.63) is 30.3 Å². The van der Waals surface area contributed by atoms with Crippen LogP contribution < -0.4 is 5.73 Å². The molecule has 2 N–H and O–H groups in total. The number of nitrogens with two attached hydrogens (primary N) is 1. The molecule has 1 aliphatic rings. The Hall–Kier alpha value is -1.84. The van der Waals surface area contributed by atoms with Gasteiger partial charge in [0.25, 0.3) is 0 Å². The standard InChI is InChI=1S/C6H7N.C5H7NO2/c7-6-4-2-1-3-5-6;7-4-6-3-1-2-5(6)8/h1-5H,7H2;4H,1-3H2. The van der Waals surface area contributed by atoms with Gasteiger partial charge in [-0.2, -0.15) is 0 Å². The first-order valence-corrected chi connectivity index (χ1v) is 4.79. The normalized spacial score (nSPS) is 14.4. The van der Waals surface area contributed by atoms with Gasteiger partial charge in [-0.3, -0.25) is 14.5 Å². The molecule has 1 fully saturated rings. The third-order valence-corrected chi connectivity index (χ3v) is 2.04. The highest BCUT2D eigenvalue weighted by atomic mass is 16.2. The molecule has 1 aromatic carbocycles. The number of nitrogen functional groups attached to an aromatic ring is 1. The number of amides is 2. The van der Waals surface area contributed by atoms with Crippen LogP contribution in [0.2, 0.25) is 0 Å². The summed E-state index contributed by atoms with van der Waals surface area (Å²) in [5, 5.41) is 0. The number of hydrogen-bond acceptors (Lipinski definition) is 3. The van der Waals surface area contributed by atoms with E-state index < -0.39 is 0 Å². The Morgan fingerprint density at radius 2 is 1.93 bits per heavy atom. The molecule has 1 aliphatic heterocycles. The van der Waals surface area contributed by atoms with E-state index in [0.717, 1.165) is 12.1 Å². The maximum Gasteiger partial charge on any atom is 0.229 e. The molecule has 15 heavy (non-hydrogen) atoms. The molecule has 0 unspecified atom stereocenters. The predicted molar refractivity (Wildman–Crippen MR) is 57.9 cm³/mol. The van der Waals surface area contributed by atoms with Gasteiger partial charge in [-0.15, -0.1) is 0 Å². The number of para-hydroxylation sites is 1. The van der Waals surface area contributed by atoms with Gasteiger partial charge in [0.15, 0.2) is 0 Å². The maximum atomic E-state index is 10.5. The first-order chi connectivity index (χ1) is 7.24. The van der Waals surface area contributed by atoms with Crippen LogP contribution in [-0.4, -0.2) is 23.8 Å². The minimum Gasteiger partial charge on any atom is -0.399 e. The molecule has 4 nitrogen and oxygen atoms in total. The average Bonchev–Trinajstić information content (AvgIpc) is 2.66. The number of benzene rings is 1. The Labute approximate surface area is 88.7 Å². The third-order valence-electron chi connectivity index (χ3n) is 2.04. The van der Waals surface area contributed by atoms with Crippen molar-refractivity contribution < 1.29 is 9.59 Å². The zero-order valence-electron chi connectivity index (χ0n) is 8.43. The molecule has 0 saturated carbocycles. The van der Waals surface area contributed by atoms with Gasteiger partial charge in [0, 0.05) is 18.7 Å². The van der Waals surface area contributed by atoms with E-state index in [-0.39, 0.29) is 5.91 Å². The fraction of sp³-hybridized carbons (Fsp3) is 0.273. The van der Waals surface area contributed by atoms with Crippen molar-refractivity contribution >= 4 is 18.0 Å². The van der Waals surface area contributed by atoms with Crippen LogP contribution in [0.3, 0.4) is 0 Å². The van der Waals surface area contributed by atoms with Crippen LogP contribution in [-0.2, 0) is 9.59 Å². The maximum absolute atomic E-state index is 10.5. The zero-order chi connectivity index (χ0) is 11.1. The van der Waals surface area contributed by atoms with Crippen molar-refractivity contribution in [3.63, 3.8) is 0 Å². The van der Waals surface area contributed by atoms with Crippen LogP contribution in [0, 0.1) is 0 Å². The number of nitrogens with zero attached hydrogens (tertiary/aromatic N) is 1. The number of likely N-dealkylation sites (tertiary alicyclic amines) is 1. The van der Waals surface area contributed by atoms with Crippen LogP contribution in [0.1, 0.15) is 12.8 Å². The summed E-state index contributed by atoms with van der Waals surface area (Å²) in [6.45, 7) is 0.613. The van der Waals surface area contributed by atoms with Crippen LogP contribution in [0.25, 0.3) is 0 Å². The molecule has 0 spiro atoms. The molecule has 1 heterocycles. The van der Waals surface area contributed by atoms with E-state index in [4.69, 9.17) is 5.73 Å². The number of anilines is 1. The molecular formula is C11H14N2O2. The summed E-state index contributed by atoms with van der Waals surface area (Å²) in [6, 6.07) is 9.49. The van der Waals surface area contributed by atoms with Crippen molar-refractivity contribution in [2.75, 3.05) is 12.3 Å². The molecule has 4 heteroatoms. The summed E-state index contributed by atoms with van der Waals surface area (Å²) < 4.78 is 0. The molecular weight excluding hydrogens is 192 g/mol. The van der Waals surface area contributed by atoms with Gasteiger partial charge in [-0.05, 0) is 18.6 Å². The van der Waals surface area contributed by atoms with Crippen molar-refractivity contribution in [1.82, 2.24) is 4.90 Å². The fourth-order valence-corrected chi connectivity index (χ4v) is 1.23. The quantitative estimate of drug-likeness (QED) is 0.551. The Morgan fingerprint density at radius 3 is 2.20 bits per heavy atom. The van der Waals surface area contributed by atoms with Gasteiger partial charge < -0.3 is 5.73 Å². The highest BCUT2D eigenvalue weighted by molar-refractivity contribution is 5.87. The van der Waals surface area contributed by atoms with Crippen LogP contribution in [0.15, 0.2) is 30.3 Å². The molecule has 0 radical (unpaired) electrons. The lowest BCUT2D eigenvalue weighted by atomic mass is 10.3. The molecule has 1 saturated heterocycles. The average molecular weight is 206 g/mol. The lowest BCUT2D eigenvalue weighted by molar-refractivity contribution is -0.134. The van der Waals surface area contributed by atoms with Gasteiger partial charge in [0.2, 0.25) is 12.3 Å².